The van der Waals surface area contributed by atoms with Crippen LogP contribution in [0.25, 0.3) is 5.69 Å². The molecule has 0 saturated heterocycles. The van der Waals surface area contributed by atoms with Gasteiger partial charge in [-0.2, -0.15) is 5.10 Å². The van der Waals surface area contributed by atoms with E-state index in [9.17, 15) is 14.4 Å². The molecule has 0 N–H and O–H groups in total. The van der Waals surface area contributed by atoms with Crippen LogP contribution < -0.4 is 5.43 Å². The molecule has 8 heteroatoms. The molecule has 0 fully saturated rings. The number of carbonyl (C=O) groups excluding carboxylic acids is 2. The number of ether oxygens (including phenoxy) is 2. The van der Waals surface area contributed by atoms with Gasteiger partial charge in [0.1, 0.15) is 0 Å². The highest BCUT2D eigenvalue weighted by molar-refractivity contribution is 6.00. The van der Waals surface area contributed by atoms with Gasteiger partial charge in [-0.15, -0.1) is 0 Å². The molecular weight excluding hydrogens is 398 g/mol. The van der Waals surface area contributed by atoms with Crippen LogP contribution >= 0.6 is 0 Å². The lowest BCUT2D eigenvalue weighted by atomic mass is 10.1. The molecule has 0 atom stereocenters. The van der Waals surface area contributed by atoms with Crippen molar-refractivity contribution in [1.29, 1.82) is 0 Å². The van der Waals surface area contributed by atoms with Gasteiger partial charge in [-0.3, -0.25) is 9.59 Å². The number of carbonyl (C=O) groups is 2. The Hall–Kier alpha value is -3.52. The summed E-state index contributed by atoms with van der Waals surface area (Å²) >= 11 is 0. The summed E-state index contributed by atoms with van der Waals surface area (Å²) in [7, 11) is 1.62. The van der Waals surface area contributed by atoms with E-state index < -0.39 is 18.0 Å². The Bertz CT molecular complexity index is 1160. The summed E-state index contributed by atoms with van der Waals surface area (Å²) in [4.78, 5) is 37.5. The van der Waals surface area contributed by atoms with Crippen molar-refractivity contribution in [3.8, 4) is 5.69 Å². The lowest BCUT2D eigenvalue weighted by Gasteiger charge is -2.11. The number of para-hydroxylation sites is 1. The topological polar surface area (TPSA) is 92.4 Å². The zero-order chi connectivity index (χ0) is 22.5. The smallest absolute Gasteiger partial charge is 0.363 e. The van der Waals surface area contributed by atoms with Crippen molar-refractivity contribution >= 4 is 11.8 Å². The molecule has 0 bridgehead atoms. The first kappa shape index (κ1) is 22.2. The fourth-order valence-corrected chi connectivity index (χ4v) is 3.41. The minimum atomic E-state index is -0.934. The second-order valence-electron chi connectivity index (χ2n) is 7.17. The average molecular weight is 423 g/mol. The second-order valence-corrected chi connectivity index (χ2v) is 7.17. The third kappa shape index (κ3) is 4.80. The number of hydrogen-bond acceptors (Lipinski definition) is 6. The Balaban J connectivity index is 1.77. The first-order valence-corrected chi connectivity index (χ1v) is 9.86. The van der Waals surface area contributed by atoms with Gasteiger partial charge in [0, 0.05) is 42.4 Å². The number of ketones is 1. The van der Waals surface area contributed by atoms with Gasteiger partial charge in [-0.1, -0.05) is 18.2 Å². The van der Waals surface area contributed by atoms with Gasteiger partial charge in [-0.05, 0) is 39.0 Å². The van der Waals surface area contributed by atoms with Gasteiger partial charge < -0.3 is 14.0 Å². The molecule has 0 aliphatic rings. The second kappa shape index (κ2) is 9.53. The largest absolute Gasteiger partial charge is 0.452 e. The Morgan fingerprint density at radius 3 is 2.42 bits per heavy atom. The van der Waals surface area contributed by atoms with E-state index in [0.29, 0.717) is 30.1 Å². The highest BCUT2D eigenvalue weighted by Gasteiger charge is 2.21. The number of nitrogens with zero attached hydrogens (tertiary/aromatic N) is 3. The van der Waals surface area contributed by atoms with Crippen molar-refractivity contribution in [3.05, 3.63) is 81.0 Å². The van der Waals surface area contributed by atoms with Crippen molar-refractivity contribution in [2.45, 2.75) is 27.3 Å². The van der Waals surface area contributed by atoms with E-state index in [1.54, 1.807) is 20.1 Å². The van der Waals surface area contributed by atoms with E-state index in [0.717, 1.165) is 11.4 Å². The highest BCUT2D eigenvalue weighted by atomic mass is 16.5. The van der Waals surface area contributed by atoms with Crippen molar-refractivity contribution < 1.29 is 19.1 Å². The SMILES string of the molecule is COCCn1c(C)cc(C(=O)COC(=O)c2nn(-c3ccccc3)c(C)cc2=O)c1C. The summed E-state index contributed by atoms with van der Waals surface area (Å²) in [6, 6.07) is 12.2. The lowest BCUT2D eigenvalue weighted by Crippen LogP contribution is -2.25. The third-order valence-electron chi connectivity index (χ3n) is 5.03. The molecule has 3 aromatic rings. The van der Waals surface area contributed by atoms with Crippen LogP contribution in [0.15, 0.2) is 47.3 Å². The van der Waals surface area contributed by atoms with Crippen molar-refractivity contribution in [1.82, 2.24) is 14.3 Å². The number of aromatic nitrogens is 3. The van der Waals surface area contributed by atoms with Crippen LogP contribution in [0.1, 0.15) is 37.9 Å². The molecule has 2 heterocycles. The predicted octanol–water partition coefficient (Wildman–Crippen LogP) is 2.65. The fraction of sp³-hybridized carbons (Fsp3) is 0.304. The molecular formula is C23H25N3O5. The maximum absolute atomic E-state index is 12.6. The van der Waals surface area contributed by atoms with Crippen LogP contribution in [-0.2, 0) is 16.0 Å². The van der Waals surface area contributed by atoms with Crippen LogP contribution in [0, 0.1) is 20.8 Å². The molecule has 0 saturated carbocycles. The molecule has 0 unspecified atom stereocenters. The minimum Gasteiger partial charge on any atom is -0.452 e. The zero-order valence-electron chi connectivity index (χ0n) is 18.0. The normalized spacial score (nSPS) is 10.8. The summed E-state index contributed by atoms with van der Waals surface area (Å²) in [5.41, 5.74) is 2.51. The van der Waals surface area contributed by atoms with Crippen molar-refractivity contribution in [2.24, 2.45) is 0 Å². The van der Waals surface area contributed by atoms with Gasteiger partial charge in [0.25, 0.3) is 0 Å². The van der Waals surface area contributed by atoms with Crippen LogP contribution in [0.3, 0.4) is 0 Å². The zero-order valence-corrected chi connectivity index (χ0v) is 18.0. The standard InChI is InChI=1S/C23H25N3O5/c1-15-12-19(17(3)25(15)10-11-30-4)21(28)14-31-23(29)22-20(27)13-16(2)26(24-22)18-8-6-5-7-9-18/h5-9,12-13H,10-11,14H2,1-4H3. The van der Waals surface area contributed by atoms with E-state index in [1.807, 2.05) is 48.7 Å². The van der Waals surface area contributed by atoms with Crippen LogP contribution in [0.2, 0.25) is 0 Å². The quantitative estimate of drug-likeness (QED) is 0.409. The van der Waals surface area contributed by atoms with E-state index >= 15 is 0 Å². The van der Waals surface area contributed by atoms with E-state index in [1.165, 1.54) is 10.7 Å². The van der Waals surface area contributed by atoms with Crippen LogP contribution in [0.4, 0.5) is 0 Å². The summed E-state index contributed by atoms with van der Waals surface area (Å²) in [6.07, 6.45) is 0. The summed E-state index contributed by atoms with van der Waals surface area (Å²) in [6.45, 7) is 6.11. The number of methoxy groups -OCH3 is 1. The molecule has 1 aromatic carbocycles. The summed E-state index contributed by atoms with van der Waals surface area (Å²) in [5, 5.41) is 4.16. The van der Waals surface area contributed by atoms with Gasteiger partial charge in [0.2, 0.25) is 16.9 Å². The number of benzene rings is 1. The average Bonchev–Trinajstić information content (AvgIpc) is 3.04. The van der Waals surface area contributed by atoms with Gasteiger partial charge in [-0.25, -0.2) is 9.48 Å². The third-order valence-corrected chi connectivity index (χ3v) is 5.03. The number of hydrogen-bond donors (Lipinski definition) is 0. The van der Waals surface area contributed by atoms with Crippen molar-refractivity contribution in [2.75, 3.05) is 20.3 Å². The molecule has 0 amide bonds. The molecule has 8 nitrogen and oxygen atoms in total. The van der Waals surface area contributed by atoms with Gasteiger partial charge >= 0.3 is 5.97 Å². The van der Waals surface area contributed by atoms with E-state index in [2.05, 4.69) is 5.10 Å². The van der Waals surface area contributed by atoms with Gasteiger partial charge in [0.05, 0.1) is 12.3 Å². The molecule has 3 rings (SSSR count). The molecule has 162 valence electrons. The molecule has 0 radical (unpaired) electrons. The highest BCUT2D eigenvalue weighted by Crippen LogP contribution is 2.16. The summed E-state index contributed by atoms with van der Waals surface area (Å²) in [5.74, 6) is -1.28. The number of rotatable bonds is 8. The Morgan fingerprint density at radius 1 is 1.03 bits per heavy atom. The molecule has 2 aromatic heterocycles. The first-order valence-electron chi connectivity index (χ1n) is 9.86. The Kier molecular flexibility index (Phi) is 6.81. The number of esters is 1. The van der Waals surface area contributed by atoms with E-state index in [-0.39, 0.29) is 11.5 Å². The molecule has 31 heavy (non-hydrogen) atoms. The maximum Gasteiger partial charge on any atom is 0.363 e. The molecule has 0 aliphatic carbocycles. The maximum atomic E-state index is 12.6. The number of Topliss-reactive ketones (excluding diaryl/α,β-unsaturated/α-hetero) is 1. The fourth-order valence-electron chi connectivity index (χ4n) is 3.41. The first-order chi connectivity index (χ1) is 14.8. The molecule has 0 spiro atoms. The predicted molar refractivity (Wildman–Crippen MR) is 115 cm³/mol. The van der Waals surface area contributed by atoms with Crippen LogP contribution in [-0.4, -0.2) is 46.4 Å². The monoisotopic (exact) mass is 423 g/mol. The molecule has 0 aliphatic heterocycles. The van der Waals surface area contributed by atoms with Gasteiger partial charge in [0.15, 0.2) is 6.61 Å². The number of aryl methyl sites for hydroxylation is 2. The van der Waals surface area contributed by atoms with Crippen molar-refractivity contribution in [3.63, 3.8) is 0 Å². The Morgan fingerprint density at radius 2 is 1.74 bits per heavy atom. The van der Waals surface area contributed by atoms with Crippen LogP contribution in [0.5, 0.6) is 0 Å². The van der Waals surface area contributed by atoms with E-state index in [4.69, 9.17) is 9.47 Å². The Labute approximate surface area is 180 Å². The lowest BCUT2D eigenvalue weighted by molar-refractivity contribution is 0.0465. The summed E-state index contributed by atoms with van der Waals surface area (Å²) < 4.78 is 13.7. The minimum absolute atomic E-state index is 0.347.